The van der Waals surface area contributed by atoms with Crippen LogP contribution >= 0.6 is 11.3 Å². The molecule has 1 aliphatic rings. The lowest BCUT2D eigenvalue weighted by atomic mass is 9.97. The van der Waals surface area contributed by atoms with Crippen LogP contribution in [-0.4, -0.2) is 21.4 Å². The van der Waals surface area contributed by atoms with Crippen molar-refractivity contribution < 1.29 is 22.8 Å². The third-order valence-corrected chi connectivity index (χ3v) is 6.64. The normalized spacial score (nSPS) is 13.6. The van der Waals surface area contributed by atoms with E-state index in [1.54, 1.807) is 0 Å². The van der Waals surface area contributed by atoms with E-state index < -0.39 is 29.2 Å². The number of amides is 2. The molecule has 11 heteroatoms. The van der Waals surface area contributed by atoms with Crippen molar-refractivity contribution in [2.45, 2.75) is 51.7 Å². The molecular formula is C22H21F3N4O3S. The standard InChI is InChI=1S/C22H21F3N4O3S/c1-12(30)27-13-6-7-16(15(10-13)22(23,24)25)28-18(31)8-9-29-11-26-20-19(21(29)32)14-4-2-3-5-17(14)33-20/h6-7,10-11H,2-5,8-9H2,1H3,(H,27,30)(H,28,31). The number of carbonyl (C=O) groups is 2. The van der Waals surface area contributed by atoms with E-state index in [9.17, 15) is 27.6 Å². The van der Waals surface area contributed by atoms with Crippen molar-refractivity contribution in [1.29, 1.82) is 0 Å². The topological polar surface area (TPSA) is 93.1 Å². The van der Waals surface area contributed by atoms with E-state index in [1.807, 2.05) is 0 Å². The Balaban J connectivity index is 1.51. The van der Waals surface area contributed by atoms with Crippen LogP contribution in [0.1, 0.15) is 42.2 Å². The van der Waals surface area contributed by atoms with Crippen LogP contribution in [0, 0.1) is 0 Å². The van der Waals surface area contributed by atoms with Gasteiger partial charge in [0.1, 0.15) is 4.83 Å². The molecule has 3 aromatic rings. The van der Waals surface area contributed by atoms with Gasteiger partial charge in [-0.25, -0.2) is 4.98 Å². The van der Waals surface area contributed by atoms with E-state index in [-0.39, 0.29) is 24.2 Å². The maximum Gasteiger partial charge on any atom is 0.418 e. The van der Waals surface area contributed by atoms with Crippen LogP contribution < -0.4 is 16.2 Å². The zero-order chi connectivity index (χ0) is 23.8. The van der Waals surface area contributed by atoms with Gasteiger partial charge in [0.25, 0.3) is 5.56 Å². The molecule has 0 saturated heterocycles. The van der Waals surface area contributed by atoms with Crippen LogP contribution in [0.2, 0.25) is 0 Å². The van der Waals surface area contributed by atoms with Crippen molar-refractivity contribution in [3.8, 4) is 0 Å². The Morgan fingerprint density at radius 1 is 1.18 bits per heavy atom. The Labute approximate surface area is 190 Å². The third kappa shape index (κ3) is 4.92. The SMILES string of the molecule is CC(=O)Nc1ccc(NC(=O)CCn2cnc3sc4c(c3c2=O)CCCC4)c(C(F)(F)F)c1. The van der Waals surface area contributed by atoms with Crippen molar-refractivity contribution in [2.75, 3.05) is 10.6 Å². The molecule has 0 spiro atoms. The van der Waals surface area contributed by atoms with Gasteiger partial charge in [0.2, 0.25) is 11.8 Å². The molecule has 0 fully saturated rings. The highest BCUT2D eigenvalue weighted by Gasteiger charge is 2.34. The number of alkyl halides is 3. The van der Waals surface area contributed by atoms with E-state index in [0.717, 1.165) is 43.4 Å². The molecular weight excluding hydrogens is 457 g/mol. The summed E-state index contributed by atoms with van der Waals surface area (Å²) in [6.07, 6.45) is 0.290. The molecule has 2 N–H and O–H groups in total. The molecule has 1 aliphatic carbocycles. The number of fused-ring (bicyclic) bond motifs is 3. The van der Waals surface area contributed by atoms with Crippen LogP contribution in [0.3, 0.4) is 0 Å². The Morgan fingerprint density at radius 3 is 2.67 bits per heavy atom. The molecule has 174 valence electrons. The zero-order valence-corrected chi connectivity index (χ0v) is 18.5. The maximum absolute atomic E-state index is 13.5. The molecule has 0 radical (unpaired) electrons. The van der Waals surface area contributed by atoms with Gasteiger partial charge in [-0.1, -0.05) is 0 Å². The monoisotopic (exact) mass is 478 g/mol. The average Bonchev–Trinajstić information content (AvgIpc) is 3.12. The summed E-state index contributed by atoms with van der Waals surface area (Å²) in [4.78, 5) is 42.7. The Kier molecular flexibility index (Phi) is 6.24. The number of anilines is 2. The Bertz CT molecular complexity index is 1300. The number of thiophene rings is 1. The first-order valence-corrected chi connectivity index (χ1v) is 11.2. The van der Waals surface area contributed by atoms with E-state index in [2.05, 4.69) is 15.6 Å². The van der Waals surface area contributed by atoms with Crippen molar-refractivity contribution in [1.82, 2.24) is 9.55 Å². The van der Waals surface area contributed by atoms with Crippen molar-refractivity contribution in [3.05, 3.63) is 50.9 Å². The fourth-order valence-corrected chi connectivity index (χ4v) is 5.16. The molecule has 0 unspecified atom stereocenters. The highest BCUT2D eigenvalue weighted by Crippen LogP contribution is 2.37. The van der Waals surface area contributed by atoms with E-state index in [1.165, 1.54) is 40.1 Å². The second kappa shape index (κ2) is 8.97. The van der Waals surface area contributed by atoms with Crippen LogP contribution in [0.5, 0.6) is 0 Å². The van der Waals surface area contributed by atoms with Gasteiger partial charge in [0.15, 0.2) is 0 Å². The van der Waals surface area contributed by atoms with Crippen molar-refractivity contribution in [3.63, 3.8) is 0 Å². The maximum atomic E-state index is 13.5. The highest BCUT2D eigenvalue weighted by molar-refractivity contribution is 7.18. The van der Waals surface area contributed by atoms with Crippen molar-refractivity contribution in [2.24, 2.45) is 0 Å². The number of carbonyl (C=O) groups excluding carboxylic acids is 2. The molecule has 0 atom stereocenters. The summed E-state index contributed by atoms with van der Waals surface area (Å²) in [6, 6.07) is 3.12. The average molecular weight is 478 g/mol. The lowest BCUT2D eigenvalue weighted by Crippen LogP contribution is -2.24. The smallest absolute Gasteiger partial charge is 0.326 e. The van der Waals surface area contributed by atoms with Gasteiger partial charge in [-0.2, -0.15) is 13.2 Å². The predicted molar refractivity (Wildman–Crippen MR) is 120 cm³/mol. The lowest BCUT2D eigenvalue weighted by Gasteiger charge is -2.16. The number of hydrogen-bond acceptors (Lipinski definition) is 5. The molecule has 2 aromatic heterocycles. The van der Waals surface area contributed by atoms with E-state index >= 15 is 0 Å². The van der Waals surface area contributed by atoms with Crippen LogP contribution in [-0.2, 0) is 35.2 Å². The van der Waals surface area contributed by atoms with Gasteiger partial charge in [0, 0.05) is 30.5 Å². The van der Waals surface area contributed by atoms with Gasteiger partial charge in [0.05, 0.1) is 23.0 Å². The first kappa shape index (κ1) is 23.0. The second-order valence-corrected chi connectivity index (χ2v) is 8.96. The summed E-state index contributed by atoms with van der Waals surface area (Å²) in [5.41, 5.74) is -0.728. The van der Waals surface area contributed by atoms with E-state index in [0.29, 0.717) is 10.2 Å². The molecule has 2 amide bonds. The Morgan fingerprint density at radius 2 is 1.94 bits per heavy atom. The first-order valence-electron chi connectivity index (χ1n) is 10.4. The van der Waals surface area contributed by atoms with Gasteiger partial charge in [-0.15, -0.1) is 11.3 Å². The number of hydrogen-bond donors (Lipinski definition) is 2. The molecule has 7 nitrogen and oxygen atoms in total. The van der Waals surface area contributed by atoms with Gasteiger partial charge in [-0.3, -0.25) is 19.0 Å². The lowest BCUT2D eigenvalue weighted by molar-refractivity contribution is -0.137. The summed E-state index contributed by atoms with van der Waals surface area (Å²) in [7, 11) is 0. The fourth-order valence-electron chi connectivity index (χ4n) is 3.94. The Hall–Kier alpha value is -3.21. The molecule has 0 saturated carbocycles. The number of benzene rings is 1. The van der Waals surface area contributed by atoms with Gasteiger partial charge >= 0.3 is 6.18 Å². The molecule has 1 aromatic carbocycles. The molecule has 33 heavy (non-hydrogen) atoms. The number of halogens is 3. The van der Waals surface area contributed by atoms with Crippen LogP contribution in [0.4, 0.5) is 24.5 Å². The molecule has 0 aliphatic heterocycles. The number of aryl methyl sites for hydroxylation is 3. The molecule has 4 rings (SSSR count). The predicted octanol–water partition coefficient (Wildman–Crippen LogP) is 4.34. The zero-order valence-electron chi connectivity index (χ0n) is 17.7. The van der Waals surface area contributed by atoms with E-state index in [4.69, 9.17) is 0 Å². The number of rotatable bonds is 5. The fraction of sp³-hybridized carbons (Fsp3) is 0.364. The minimum absolute atomic E-state index is 0.0104. The molecule has 0 bridgehead atoms. The summed E-state index contributed by atoms with van der Waals surface area (Å²) in [5.74, 6) is -1.19. The third-order valence-electron chi connectivity index (χ3n) is 5.44. The van der Waals surface area contributed by atoms with Gasteiger partial charge < -0.3 is 10.6 Å². The number of nitrogens with zero attached hydrogens (tertiary/aromatic N) is 2. The van der Waals surface area contributed by atoms with Gasteiger partial charge in [-0.05, 0) is 49.4 Å². The number of nitrogens with one attached hydrogen (secondary N) is 2. The first-order chi connectivity index (χ1) is 15.6. The second-order valence-electron chi connectivity index (χ2n) is 7.87. The largest absolute Gasteiger partial charge is 0.418 e. The minimum atomic E-state index is -4.74. The van der Waals surface area contributed by atoms with Crippen molar-refractivity contribution >= 4 is 44.7 Å². The highest BCUT2D eigenvalue weighted by atomic mass is 32.1. The van der Waals surface area contributed by atoms with Crippen LogP contribution in [0.25, 0.3) is 10.2 Å². The minimum Gasteiger partial charge on any atom is -0.326 e. The van der Waals surface area contributed by atoms with Crippen LogP contribution in [0.15, 0.2) is 29.3 Å². The summed E-state index contributed by atoms with van der Waals surface area (Å²) >= 11 is 1.52. The summed E-state index contributed by atoms with van der Waals surface area (Å²) in [5, 5.41) is 5.14. The number of aromatic nitrogens is 2. The summed E-state index contributed by atoms with van der Waals surface area (Å²) < 4.78 is 41.7. The summed E-state index contributed by atoms with van der Waals surface area (Å²) in [6.45, 7) is 1.17. The molecule has 2 heterocycles. The quantitative estimate of drug-likeness (QED) is 0.571.